The van der Waals surface area contributed by atoms with Gasteiger partial charge in [0, 0.05) is 10.2 Å². The van der Waals surface area contributed by atoms with Gasteiger partial charge in [-0.1, -0.05) is 41.9 Å². The van der Waals surface area contributed by atoms with Gasteiger partial charge in [-0.3, -0.25) is 10.1 Å². The molecule has 148 valence electrons. The third kappa shape index (κ3) is 6.98. The predicted molar refractivity (Wildman–Crippen MR) is 120 cm³/mol. The van der Waals surface area contributed by atoms with E-state index in [4.69, 9.17) is 21.7 Å². The number of unbranched alkanes of at least 4 members (excludes halogenated alkanes) is 1. The van der Waals surface area contributed by atoms with E-state index in [0.29, 0.717) is 24.5 Å². The van der Waals surface area contributed by atoms with Crippen LogP contribution in [-0.2, 0) is 0 Å². The molecule has 28 heavy (non-hydrogen) atoms. The Morgan fingerprint density at radius 3 is 2.64 bits per heavy atom. The lowest BCUT2D eigenvalue weighted by atomic mass is 10.2. The normalized spacial score (nSPS) is 10.1. The summed E-state index contributed by atoms with van der Waals surface area (Å²) in [6.45, 7) is 6.69. The van der Waals surface area contributed by atoms with E-state index in [1.165, 1.54) is 0 Å². The number of rotatable bonds is 9. The highest BCUT2D eigenvalue weighted by Crippen LogP contribution is 2.24. The smallest absolute Gasteiger partial charge is 0.261 e. The number of benzene rings is 2. The van der Waals surface area contributed by atoms with E-state index in [-0.39, 0.29) is 11.0 Å². The van der Waals surface area contributed by atoms with Gasteiger partial charge in [0.15, 0.2) is 5.11 Å². The highest BCUT2D eigenvalue weighted by Gasteiger charge is 2.15. The zero-order chi connectivity index (χ0) is 20.4. The number of halogens is 1. The van der Waals surface area contributed by atoms with Gasteiger partial charge in [-0.2, -0.15) is 0 Å². The van der Waals surface area contributed by atoms with Crippen LogP contribution in [0.2, 0.25) is 0 Å². The molecule has 5 nitrogen and oxygen atoms in total. The molecule has 2 aromatic rings. The van der Waals surface area contributed by atoms with E-state index < -0.39 is 0 Å². The molecule has 2 aromatic carbocycles. The van der Waals surface area contributed by atoms with Crippen LogP contribution in [0, 0.1) is 0 Å². The van der Waals surface area contributed by atoms with Gasteiger partial charge in [0.1, 0.15) is 18.1 Å². The summed E-state index contributed by atoms with van der Waals surface area (Å²) in [4.78, 5) is 12.7. The summed E-state index contributed by atoms with van der Waals surface area (Å²) in [5.74, 6) is 0.917. The second kappa shape index (κ2) is 11.5. The first kappa shape index (κ1) is 21.9. The molecule has 0 aliphatic rings. The predicted octanol–water partition coefficient (Wildman–Crippen LogP) is 5.32. The maximum absolute atomic E-state index is 12.7. The van der Waals surface area contributed by atoms with Crippen molar-refractivity contribution >= 4 is 44.9 Å². The third-order valence-corrected chi connectivity index (χ3v) is 4.35. The van der Waals surface area contributed by atoms with Gasteiger partial charge >= 0.3 is 0 Å². The summed E-state index contributed by atoms with van der Waals surface area (Å²) in [6.07, 6.45) is 3.62. The van der Waals surface area contributed by atoms with Crippen molar-refractivity contribution < 1.29 is 14.3 Å². The monoisotopic (exact) mass is 462 g/mol. The van der Waals surface area contributed by atoms with Crippen LogP contribution in [0.15, 0.2) is 59.6 Å². The second-order valence-corrected chi connectivity index (χ2v) is 7.20. The molecule has 1 amide bonds. The molecule has 0 saturated heterocycles. The van der Waals surface area contributed by atoms with Crippen LogP contribution < -0.4 is 20.1 Å². The SMILES string of the molecule is C=CCOc1ccc(NC(=S)NC(=O)c2cc(Br)ccc2OCCCC)cc1. The minimum atomic E-state index is -0.337. The van der Waals surface area contributed by atoms with Crippen molar-refractivity contribution in [2.75, 3.05) is 18.5 Å². The number of thiocarbonyl (C=S) groups is 1. The van der Waals surface area contributed by atoms with Crippen LogP contribution in [-0.4, -0.2) is 24.2 Å². The summed E-state index contributed by atoms with van der Waals surface area (Å²) in [6, 6.07) is 12.6. The maximum atomic E-state index is 12.7. The van der Waals surface area contributed by atoms with Gasteiger partial charge in [0.05, 0.1) is 12.2 Å². The van der Waals surface area contributed by atoms with Crippen molar-refractivity contribution in [2.45, 2.75) is 19.8 Å². The molecule has 0 bridgehead atoms. The van der Waals surface area contributed by atoms with Gasteiger partial charge in [-0.25, -0.2) is 0 Å². The van der Waals surface area contributed by atoms with Gasteiger partial charge in [-0.15, -0.1) is 0 Å². The zero-order valence-electron chi connectivity index (χ0n) is 15.7. The molecule has 0 saturated carbocycles. The average Bonchev–Trinajstić information content (AvgIpc) is 2.68. The number of amides is 1. The minimum Gasteiger partial charge on any atom is -0.493 e. The third-order valence-electron chi connectivity index (χ3n) is 3.65. The molecule has 2 rings (SSSR count). The van der Waals surface area contributed by atoms with Crippen LogP contribution >= 0.6 is 28.1 Å². The number of nitrogens with one attached hydrogen (secondary N) is 2. The van der Waals surface area contributed by atoms with Crippen LogP contribution in [0.3, 0.4) is 0 Å². The Balaban J connectivity index is 1.99. The van der Waals surface area contributed by atoms with Crippen LogP contribution in [0.1, 0.15) is 30.1 Å². The van der Waals surface area contributed by atoms with E-state index in [1.807, 2.05) is 30.3 Å². The Morgan fingerprint density at radius 2 is 1.96 bits per heavy atom. The van der Waals surface area contributed by atoms with Crippen LogP contribution in [0.4, 0.5) is 5.69 Å². The second-order valence-electron chi connectivity index (χ2n) is 5.87. The fourth-order valence-corrected chi connectivity index (χ4v) is 2.83. The number of carbonyl (C=O) groups excluding carboxylic acids is 1. The minimum absolute atomic E-state index is 0.198. The van der Waals surface area contributed by atoms with E-state index >= 15 is 0 Å². The molecule has 0 aromatic heterocycles. The molecule has 0 aliphatic heterocycles. The highest BCUT2D eigenvalue weighted by molar-refractivity contribution is 9.10. The quantitative estimate of drug-likeness (QED) is 0.300. The van der Waals surface area contributed by atoms with E-state index in [9.17, 15) is 4.79 Å². The van der Waals surface area contributed by atoms with Gasteiger partial charge in [0.2, 0.25) is 0 Å². The molecule has 0 radical (unpaired) electrons. The molecule has 2 N–H and O–H groups in total. The lowest BCUT2D eigenvalue weighted by molar-refractivity contribution is 0.0973. The largest absolute Gasteiger partial charge is 0.493 e. The van der Waals surface area contributed by atoms with Crippen molar-refractivity contribution in [3.63, 3.8) is 0 Å². The lowest BCUT2D eigenvalue weighted by Crippen LogP contribution is -2.34. The van der Waals surface area contributed by atoms with E-state index in [1.54, 1.807) is 18.2 Å². The fraction of sp³-hybridized carbons (Fsp3) is 0.238. The molecule has 7 heteroatoms. The van der Waals surface area contributed by atoms with E-state index in [0.717, 1.165) is 28.8 Å². The molecule has 0 fully saturated rings. The molecular formula is C21H23BrN2O3S. The first-order valence-electron chi connectivity index (χ1n) is 8.92. The summed E-state index contributed by atoms with van der Waals surface area (Å²) in [7, 11) is 0. The number of hydrogen-bond donors (Lipinski definition) is 2. The molecular weight excluding hydrogens is 440 g/mol. The van der Waals surface area contributed by atoms with Crippen molar-refractivity contribution in [3.05, 3.63) is 65.2 Å². The number of anilines is 1. The van der Waals surface area contributed by atoms with Crippen molar-refractivity contribution in [2.24, 2.45) is 0 Å². The topological polar surface area (TPSA) is 59.6 Å². The summed E-state index contributed by atoms with van der Waals surface area (Å²) >= 11 is 8.65. The van der Waals surface area contributed by atoms with Crippen LogP contribution in [0.25, 0.3) is 0 Å². The molecule has 0 heterocycles. The average molecular weight is 463 g/mol. The molecule has 0 unspecified atom stereocenters. The number of ether oxygens (including phenoxy) is 2. The Morgan fingerprint density at radius 1 is 1.21 bits per heavy atom. The van der Waals surface area contributed by atoms with Crippen molar-refractivity contribution in [3.8, 4) is 11.5 Å². The fourth-order valence-electron chi connectivity index (χ4n) is 2.25. The Kier molecular flexibility index (Phi) is 8.97. The molecule has 0 aliphatic carbocycles. The highest BCUT2D eigenvalue weighted by atomic mass is 79.9. The lowest BCUT2D eigenvalue weighted by Gasteiger charge is -2.13. The van der Waals surface area contributed by atoms with Crippen molar-refractivity contribution in [1.82, 2.24) is 5.32 Å². The Hall–Kier alpha value is -2.38. The summed E-state index contributed by atoms with van der Waals surface area (Å²) in [5.41, 5.74) is 1.16. The standard InChI is InChI=1S/C21H23BrN2O3S/c1-3-5-13-27-19-11-6-15(22)14-18(19)20(25)24-21(28)23-16-7-9-17(10-8-16)26-12-4-2/h4,6-11,14H,2-3,5,12-13H2,1H3,(H2,23,24,25,28). The molecule has 0 spiro atoms. The number of carbonyl (C=O) groups is 1. The Labute approximate surface area is 179 Å². The van der Waals surface area contributed by atoms with Gasteiger partial charge in [0.25, 0.3) is 5.91 Å². The number of hydrogen-bond acceptors (Lipinski definition) is 4. The van der Waals surface area contributed by atoms with Crippen molar-refractivity contribution in [1.29, 1.82) is 0 Å². The first-order chi connectivity index (χ1) is 13.5. The first-order valence-corrected chi connectivity index (χ1v) is 10.1. The zero-order valence-corrected chi connectivity index (χ0v) is 18.1. The van der Waals surface area contributed by atoms with E-state index in [2.05, 4.69) is 40.1 Å². The maximum Gasteiger partial charge on any atom is 0.261 e. The Bertz CT molecular complexity index is 825. The van der Waals surface area contributed by atoms with Crippen LogP contribution in [0.5, 0.6) is 11.5 Å². The molecule has 0 atom stereocenters. The van der Waals surface area contributed by atoms with Gasteiger partial charge < -0.3 is 14.8 Å². The van der Waals surface area contributed by atoms with Gasteiger partial charge in [-0.05, 0) is 61.1 Å². The summed E-state index contributed by atoms with van der Waals surface area (Å²) < 4.78 is 12.0. The summed E-state index contributed by atoms with van der Waals surface area (Å²) in [5, 5.41) is 5.87.